The fraction of sp³-hybridized carbons (Fsp3) is 0.350. The summed E-state index contributed by atoms with van der Waals surface area (Å²) in [5.41, 5.74) is 1.86. The van der Waals surface area contributed by atoms with Crippen molar-refractivity contribution in [2.75, 3.05) is 6.61 Å². The third-order valence-corrected chi connectivity index (χ3v) is 4.03. The van der Waals surface area contributed by atoms with Crippen molar-refractivity contribution in [3.8, 4) is 0 Å². The molecule has 23 heavy (non-hydrogen) atoms. The Morgan fingerprint density at radius 3 is 2.17 bits per heavy atom. The fourth-order valence-corrected chi connectivity index (χ4v) is 2.55. The molecule has 0 aliphatic heterocycles. The van der Waals surface area contributed by atoms with Crippen molar-refractivity contribution in [3.63, 3.8) is 0 Å². The summed E-state index contributed by atoms with van der Waals surface area (Å²) in [6.45, 7) is 4.48. The van der Waals surface area contributed by atoms with Gasteiger partial charge in [0.2, 0.25) is 0 Å². The van der Waals surface area contributed by atoms with E-state index >= 15 is 0 Å². The van der Waals surface area contributed by atoms with Gasteiger partial charge in [-0.05, 0) is 11.1 Å². The Labute approximate surface area is 137 Å². The first-order chi connectivity index (χ1) is 11.1. The molecule has 2 aromatic rings. The molecule has 0 saturated carbocycles. The number of carbonyl (C=O) groups excluding carboxylic acids is 1. The van der Waals surface area contributed by atoms with Crippen molar-refractivity contribution in [1.82, 2.24) is 0 Å². The average Bonchev–Trinajstić information content (AvgIpc) is 2.61. The van der Waals surface area contributed by atoms with Crippen LogP contribution in [0.25, 0.3) is 0 Å². The molecule has 3 heteroatoms. The third-order valence-electron chi connectivity index (χ3n) is 4.03. The number of carbonyl (C=O) groups is 1. The van der Waals surface area contributed by atoms with E-state index in [1.807, 2.05) is 67.6 Å². The highest BCUT2D eigenvalue weighted by atomic mass is 16.5. The Kier molecular flexibility index (Phi) is 6.51. The molecule has 1 N–H and O–H groups in total. The average molecular weight is 312 g/mol. The van der Waals surface area contributed by atoms with Crippen LogP contribution in [0, 0.1) is 11.8 Å². The van der Waals surface area contributed by atoms with E-state index in [0.29, 0.717) is 13.2 Å². The van der Waals surface area contributed by atoms with Crippen molar-refractivity contribution in [3.05, 3.63) is 71.8 Å². The summed E-state index contributed by atoms with van der Waals surface area (Å²) in [4.78, 5) is 12.5. The fourth-order valence-electron chi connectivity index (χ4n) is 2.55. The lowest BCUT2D eigenvalue weighted by atomic mass is 9.88. The molecule has 0 aromatic heterocycles. The van der Waals surface area contributed by atoms with Crippen molar-refractivity contribution >= 4 is 5.78 Å². The summed E-state index contributed by atoms with van der Waals surface area (Å²) in [6, 6.07) is 19.2. The van der Waals surface area contributed by atoms with Gasteiger partial charge in [-0.3, -0.25) is 4.79 Å². The van der Waals surface area contributed by atoms with E-state index in [1.54, 1.807) is 6.92 Å². The monoisotopic (exact) mass is 312 g/mol. The molecule has 2 aromatic carbocycles. The van der Waals surface area contributed by atoms with Gasteiger partial charge in [0.1, 0.15) is 5.78 Å². The third kappa shape index (κ3) is 5.02. The van der Waals surface area contributed by atoms with E-state index in [1.165, 1.54) is 0 Å². The van der Waals surface area contributed by atoms with Crippen LogP contribution in [0.4, 0.5) is 0 Å². The second-order valence-corrected chi connectivity index (χ2v) is 5.95. The van der Waals surface area contributed by atoms with Crippen LogP contribution >= 0.6 is 0 Å². The number of hydrogen-bond donors (Lipinski definition) is 1. The normalized spacial score (nSPS) is 14.9. The highest BCUT2D eigenvalue weighted by molar-refractivity contribution is 5.83. The molecule has 122 valence electrons. The quantitative estimate of drug-likeness (QED) is 0.807. The Morgan fingerprint density at radius 2 is 1.57 bits per heavy atom. The molecular formula is C20H24O3. The number of aliphatic hydroxyl groups excluding tert-OH is 1. The topological polar surface area (TPSA) is 46.5 Å². The molecule has 0 unspecified atom stereocenters. The summed E-state index contributed by atoms with van der Waals surface area (Å²) >= 11 is 0. The van der Waals surface area contributed by atoms with Crippen molar-refractivity contribution < 1.29 is 14.6 Å². The molecule has 0 bridgehead atoms. The minimum atomic E-state index is -0.778. The van der Waals surface area contributed by atoms with Gasteiger partial charge in [0.05, 0.1) is 19.3 Å². The van der Waals surface area contributed by atoms with Crippen LogP contribution in [0.2, 0.25) is 0 Å². The largest absolute Gasteiger partial charge is 0.388 e. The standard InChI is InChI=1S/C20H24O3/c1-15(13-23-14-17-9-5-3-6-10-17)19(21)16(2)20(22)18-11-7-4-8-12-18/h3-12,15-16,20,22H,13-14H2,1-2H3/t15-,16-,20+/m0/s1. The molecule has 0 radical (unpaired) electrons. The zero-order valence-electron chi connectivity index (χ0n) is 13.7. The number of Topliss-reactive ketones (excluding diaryl/α,β-unsaturated/α-hetero) is 1. The number of benzene rings is 2. The molecule has 0 heterocycles. The maximum absolute atomic E-state index is 12.5. The van der Waals surface area contributed by atoms with Crippen LogP contribution in [0.5, 0.6) is 0 Å². The van der Waals surface area contributed by atoms with Crippen molar-refractivity contribution in [2.24, 2.45) is 11.8 Å². The minimum Gasteiger partial charge on any atom is -0.388 e. The maximum Gasteiger partial charge on any atom is 0.143 e. The molecule has 3 atom stereocenters. The number of rotatable bonds is 8. The number of hydrogen-bond acceptors (Lipinski definition) is 3. The first-order valence-corrected chi connectivity index (χ1v) is 7.98. The van der Waals surface area contributed by atoms with Crippen LogP contribution in [-0.2, 0) is 16.1 Å². The van der Waals surface area contributed by atoms with E-state index in [0.717, 1.165) is 11.1 Å². The van der Waals surface area contributed by atoms with Crippen molar-refractivity contribution in [2.45, 2.75) is 26.6 Å². The zero-order valence-corrected chi connectivity index (χ0v) is 13.7. The van der Waals surface area contributed by atoms with E-state index in [-0.39, 0.29) is 11.7 Å². The predicted molar refractivity (Wildman–Crippen MR) is 90.8 cm³/mol. The smallest absolute Gasteiger partial charge is 0.143 e. The number of ether oxygens (including phenoxy) is 1. The van der Waals surface area contributed by atoms with Gasteiger partial charge in [-0.15, -0.1) is 0 Å². The van der Waals surface area contributed by atoms with Gasteiger partial charge in [-0.1, -0.05) is 74.5 Å². The summed E-state index contributed by atoms with van der Waals surface area (Å²) in [7, 11) is 0. The second-order valence-electron chi connectivity index (χ2n) is 5.95. The second kappa shape index (κ2) is 8.61. The number of aliphatic hydroxyl groups is 1. The Balaban J connectivity index is 1.84. The highest BCUT2D eigenvalue weighted by Gasteiger charge is 2.27. The molecule has 0 aliphatic rings. The van der Waals surface area contributed by atoms with Gasteiger partial charge in [0.15, 0.2) is 0 Å². The van der Waals surface area contributed by atoms with Gasteiger partial charge < -0.3 is 9.84 Å². The minimum absolute atomic E-state index is 0.0226. The summed E-state index contributed by atoms with van der Waals surface area (Å²) < 4.78 is 5.64. The highest BCUT2D eigenvalue weighted by Crippen LogP contribution is 2.24. The predicted octanol–water partition coefficient (Wildman–Crippen LogP) is 3.78. The Morgan fingerprint density at radius 1 is 1.00 bits per heavy atom. The van der Waals surface area contributed by atoms with Crippen LogP contribution < -0.4 is 0 Å². The molecular weight excluding hydrogens is 288 g/mol. The first-order valence-electron chi connectivity index (χ1n) is 7.98. The van der Waals surface area contributed by atoms with Gasteiger partial charge in [0.25, 0.3) is 0 Å². The van der Waals surface area contributed by atoms with Crippen LogP contribution in [0.1, 0.15) is 31.1 Å². The summed E-state index contributed by atoms with van der Waals surface area (Å²) in [5, 5.41) is 10.4. The Bertz CT molecular complexity index is 595. The SMILES string of the molecule is C[C@@H](COCc1ccccc1)C(=O)[C@H](C)[C@@H](O)c1ccccc1. The molecule has 0 spiro atoms. The van der Waals surface area contributed by atoms with Gasteiger partial charge in [-0.25, -0.2) is 0 Å². The lowest BCUT2D eigenvalue weighted by Crippen LogP contribution is -2.27. The van der Waals surface area contributed by atoms with E-state index < -0.39 is 12.0 Å². The van der Waals surface area contributed by atoms with Gasteiger partial charge in [-0.2, -0.15) is 0 Å². The van der Waals surface area contributed by atoms with E-state index in [9.17, 15) is 9.90 Å². The van der Waals surface area contributed by atoms with E-state index in [4.69, 9.17) is 4.74 Å². The lowest BCUT2D eigenvalue weighted by Gasteiger charge is -2.21. The van der Waals surface area contributed by atoms with Crippen LogP contribution in [0.3, 0.4) is 0 Å². The van der Waals surface area contributed by atoms with Gasteiger partial charge in [0, 0.05) is 11.8 Å². The number of ketones is 1. The molecule has 0 aliphatic carbocycles. The zero-order chi connectivity index (χ0) is 16.7. The van der Waals surface area contributed by atoms with Crippen LogP contribution in [0.15, 0.2) is 60.7 Å². The molecule has 3 nitrogen and oxygen atoms in total. The van der Waals surface area contributed by atoms with Gasteiger partial charge >= 0.3 is 0 Å². The van der Waals surface area contributed by atoms with Crippen LogP contribution in [-0.4, -0.2) is 17.5 Å². The maximum atomic E-state index is 12.5. The summed E-state index contributed by atoms with van der Waals surface area (Å²) in [6.07, 6.45) is -0.778. The first kappa shape index (κ1) is 17.4. The Hall–Kier alpha value is -1.97. The van der Waals surface area contributed by atoms with E-state index in [2.05, 4.69) is 0 Å². The van der Waals surface area contributed by atoms with Crippen molar-refractivity contribution in [1.29, 1.82) is 0 Å². The molecule has 2 rings (SSSR count). The summed E-state index contributed by atoms with van der Waals surface area (Å²) in [5.74, 6) is -0.672. The molecule has 0 fully saturated rings. The molecule has 0 amide bonds. The molecule has 0 saturated heterocycles. The lowest BCUT2D eigenvalue weighted by molar-refractivity contribution is -0.131.